The number of carbonyl (C=O) groups excluding carboxylic acids is 1. The average molecular weight is 289 g/mol. The standard InChI is InChI=1S/C18H27NO2/c1-4-5-6-10-13-18(2,21-3)17(19)14-16(20)15-11-8-7-9-12-15/h7-9,11-12,14H,4-6,10,13,19H2,1-3H3/b17-14-. The van der Waals surface area contributed by atoms with Gasteiger partial charge in [-0.3, -0.25) is 4.79 Å². The van der Waals surface area contributed by atoms with E-state index in [1.54, 1.807) is 19.2 Å². The van der Waals surface area contributed by atoms with Crippen LogP contribution in [0.1, 0.15) is 56.3 Å². The van der Waals surface area contributed by atoms with Crippen molar-refractivity contribution < 1.29 is 9.53 Å². The molecular formula is C18H27NO2. The largest absolute Gasteiger partial charge is 0.400 e. The van der Waals surface area contributed by atoms with Gasteiger partial charge in [-0.1, -0.05) is 62.9 Å². The van der Waals surface area contributed by atoms with Gasteiger partial charge in [0.15, 0.2) is 5.78 Å². The first-order valence-electron chi connectivity index (χ1n) is 7.65. The van der Waals surface area contributed by atoms with Crippen LogP contribution in [-0.4, -0.2) is 18.5 Å². The predicted molar refractivity (Wildman–Crippen MR) is 87.2 cm³/mol. The molecule has 1 rings (SSSR count). The lowest BCUT2D eigenvalue weighted by Crippen LogP contribution is -2.34. The molecule has 0 spiro atoms. The minimum absolute atomic E-state index is 0.0788. The number of ketones is 1. The summed E-state index contributed by atoms with van der Waals surface area (Å²) < 4.78 is 5.57. The van der Waals surface area contributed by atoms with Crippen molar-refractivity contribution in [3.63, 3.8) is 0 Å². The van der Waals surface area contributed by atoms with Crippen molar-refractivity contribution in [3.05, 3.63) is 47.7 Å². The van der Waals surface area contributed by atoms with Gasteiger partial charge in [0.05, 0.1) is 0 Å². The van der Waals surface area contributed by atoms with Crippen LogP contribution in [0.3, 0.4) is 0 Å². The lowest BCUT2D eigenvalue weighted by atomic mass is 9.93. The van der Waals surface area contributed by atoms with Gasteiger partial charge in [-0.2, -0.15) is 0 Å². The zero-order valence-corrected chi connectivity index (χ0v) is 13.4. The number of allylic oxidation sites excluding steroid dienone is 1. The van der Waals surface area contributed by atoms with Crippen LogP contribution in [0.15, 0.2) is 42.1 Å². The molecule has 0 radical (unpaired) electrons. The van der Waals surface area contributed by atoms with Crippen LogP contribution in [0, 0.1) is 0 Å². The summed E-state index contributed by atoms with van der Waals surface area (Å²) in [6.45, 7) is 4.13. The molecule has 0 fully saturated rings. The van der Waals surface area contributed by atoms with Gasteiger partial charge in [-0.25, -0.2) is 0 Å². The van der Waals surface area contributed by atoms with Gasteiger partial charge in [-0.05, 0) is 13.3 Å². The van der Waals surface area contributed by atoms with Gasteiger partial charge in [0.25, 0.3) is 0 Å². The van der Waals surface area contributed by atoms with E-state index < -0.39 is 5.60 Å². The zero-order chi connectivity index (χ0) is 15.7. The summed E-state index contributed by atoms with van der Waals surface area (Å²) in [6, 6.07) is 9.15. The molecule has 3 nitrogen and oxygen atoms in total. The minimum Gasteiger partial charge on any atom is -0.400 e. The number of methoxy groups -OCH3 is 1. The monoisotopic (exact) mass is 289 g/mol. The Hall–Kier alpha value is -1.61. The molecule has 1 aromatic rings. The first kappa shape index (κ1) is 17.4. The van der Waals surface area contributed by atoms with E-state index in [-0.39, 0.29) is 5.78 Å². The molecule has 21 heavy (non-hydrogen) atoms. The molecule has 1 atom stereocenters. The first-order chi connectivity index (χ1) is 10.0. The number of rotatable bonds is 9. The zero-order valence-electron chi connectivity index (χ0n) is 13.4. The number of unbranched alkanes of at least 4 members (excludes halogenated alkanes) is 3. The van der Waals surface area contributed by atoms with Crippen LogP contribution >= 0.6 is 0 Å². The Balaban J connectivity index is 2.74. The van der Waals surface area contributed by atoms with Gasteiger partial charge in [0, 0.05) is 24.4 Å². The van der Waals surface area contributed by atoms with Crippen molar-refractivity contribution in [2.75, 3.05) is 7.11 Å². The van der Waals surface area contributed by atoms with Crippen molar-refractivity contribution in [1.29, 1.82) is 0 Å². The molecule has 0 heterocycles. The summed E-state index contributed by atoms with van der Waals surface area (Å²) in [4.78, 5) is 12.2. The second-order valence-electron chi connectivity index (χ2n) is 5.58. The maximum atomic E-state index is 12.2. The predicted octanol–water partition coefficient (Wildman–Crippen LogP) is 4.09. The van der Waals surface area contributed by atoms with Gasteiger partial charge in [0.2, 0.25) is 0 Å². The second kappa shape index (κ2) is 8.63. The molecule has 2 N–H and O–H groups in total. The van der Waals surface area contributed by atoms with Crippen LogP contribution in [0.25, 0.3) is 0 Å². The van der Waals surface area contributed by atoms with E-state index in [0.29, 0.717) is 11.3 Å². The quantitative estimate of drug-likeness (QED) is 0.423. The third-order valence-electron chi connectivity index (χ3n) is 3.91. The van der Waals surface area contributed by atoms with Crippen molar-refractivity contribution in [2.45, 2.75) is 51.6 Å². The van der Waals surface area contributed by atoms with Crippen molar-refractivity contribution in [3.8, 4) is 0 Å². The normalized spacial score (nSPS) is 14.7. The Morgan fingerprint density at radius 2 is 1.90 bits per heavy atom. The molecule has 0 aromatic heterocycles. The topological polar surface area (TPSA) is 52.3 Å². The van der Waals surface area contributed by atoms with E-state index in [2.05, 4.69) is 6.92 Å². The van der Waals surface area contributed by atoms with Crippen LogP contribution in [0.2, 0.25) is 0 Å². The van der Waals surface area contributed by atoms with E-state index in [9.17, 15) is 4.79 Å². The van der Waals surface area contributed by atoms with Crippen LogP contribution < -0.4 is 5.73 Å². The van der Waals surface area contributed by atoms with Gasteiger partial charge in [-0.15, -0.1) is 0 Å². The molecule has 0 aliphatic carbocycles. The van der Waals surface area contributed by atoms with Crippen molar-refractivity contribution in [2.24, 2.45) is 5.73 Å². The summed E-state index contributed by atoms with van der Waals surface area (Å²) in [7, 11) is 1.65. The summed E-state index contributed by atoms with van der Waals surface area (Å²) >= 11 is 0. The molecule has 1 aromatic carbocycles. The van der Waals surface area contributed by atoms with E-state index in [1.807, 2.05) is 25.1 Å². The molecule has 0 amide bonds. The van der Waals surface area contributed by atoms with Crippen LogP contribution in [-0.2, 0) is 4.74 Å². The van der Waals surface area contributed by atoms with Gasteiger partial charge in [0.1, 0.15) is 5.60 Å². The molecule has 116 valence electrons. The molecule has 0 aliphatic rings. The van der Waals surface area contributed by atoms with Crippen molar-refractivity contribution >= 4 is 5.78 Å². The molecule has 0 aliphatic heterocycles. The Bertz CT molecular complexity index is 467. The molecule has 0 saturated heterocycles. The number of hydrogen-bond acceptors (Lipinski definition) is 3. The highest BCUT2D eigenvalue weighted by molar-refractivity contribution is 6.04. The maximum absolute atomic E-state index is 12.2. The number of benzene rings is 1. The Labute approximate surface area is 128 Å². The minimum atomic E-state index is -0.571. The Morgan fingerprint density at radius 3 is 2.48 bits per heavy atom. The first-order valence-corrected chi connectivity index (χ1v) is 7.65. The molecular weight excluding hydrogens is 262 g/mol. The highest BCUT2D eigenvalue weighted by atomic mass is 16.5. The van der Waals surface area contributed by atoms with E-state index in [1.165, 1.54) is 18.9 Å². The maximum Gasteiger partial charge on any atom is 0.187 e. The fraction of sp³-hybridized carbons (Fsp3) is 0.500. The molecule has 3 heteroatoms. The van der Waals surface area contributed by atoms with E-state index in [0.717, 1.165) is 19.3 Å². The lowest BCUT2D eigenvalue weighted by Gasteiger charge is -2.28. The Morgan fingerprint density at radius 1 is 1.24 bits per heavy atom. The van der Waals surface area contributed by atoms with Crippen LogP contribution in [0.5, 0.6) is 0 Å². The average Bonchev–Trinajstić information content (AvgIpc) is 2.52. The second-order valence-corrected chi connectivity index (χ2v) is 5.58. The number of hydrogen-bond donors (Lipinski definition) is 1. The smallest absolute Gasteiger partial charge is 0.187 e. The lowest BCUT2D eigenvalue weighted by molar-refractivity contribution is 0.0272. The highest BCUT2D eigenvalue weighted by Gasteiger charge is 2.27. The molecule has 1 unspecified atom stereocenters. The summed E-state index contributed by atoms with van der Waals surface area (Å²) in [5, 5.41) is 0. The van der Waals surface area contributed by atoms with Crippen molar-refractivity contribution in [1.82, 2.24) is 0 Å². The fourth-order valence-corrected chi connectivity index (χ4v) is 2.23. The molecule has 0 saturated carbocycles. The Kier molecular flexibility index (Phi) is 7.17. The van der Waals surface area contributed by atoms with E-state index >= 15 is 0 Å². The summed E-state index contributed by atoms with van der Waals surface area (Å²) in [5.41, 5.74) is 6.70. The van der Waals surface area contributed by atoms with E-state index in [4.69, 9.17) is 10.5 Å². The number of ether oxygens (including phenoxy) is 1. The third kappa shape index (κ3) is 5.35. The SMILES string of the molecule is CCCCCCC(C)(OC)/C(N)=C/C(=O)c1ccccc1. The molecule has 0 bridgehead atoms. The number of carbonyl (C=O) groups is 1. The third-order valence-corrected chi connectivity index (χ3v) is 3.91. The summed E-state index contributed by atoms with van der Waals surface area (Å²) in [6.07, 6.45) is 6.95. The highest BCUT2D eigenvalue weighted by Crippen LogP contribution is 2.25. The fourth-order valence-electron chi connectivity index (χ4n) is 2.23. The van der Waals surface area contributed by atoms with Gasteiger partial charge >= 0.3 is 0 Å². The number of nitrogens with two attached hydrogens (primary N) is 1. The summed E-state index contributed by atoms with van der Waals surface area (Å²) in [5.74, 6) is -0.0788. The van der Waals surface area contributed by atoms with Gasteiger partial charge < -0.3 is 10.5 Å². The van der Waals surface area contributed by atoms with Crippen LogP contribution in [0.4, 0.5) is 0 Å².